The van der Waals surface area contributed by atoms with Crippen LogP contribution in [0.4, 0.5) is 5.69 Å². The van der Waals surface area contributed by atoms with E-state index in [1.165, 1.54) is 25.0 Å². The lowest BCUT2D eigenvalue weighted by Gasteiger charge is -2.10. The lowest BCUT2D eigenvalue weighted by molar-refractivity contribution is -0.385. The molecule has 0 aromatic heterocycles. The summed E-state index contributed by atoms with van der Waals surface area (Å²) in [5.41, 5.74) is 0.638. The van der Waals surface area contributed by atoms with E-state index < -0.39 is 0 Å². The van der Waals surface area contributed by atoms with Crippen LogP contribution in [-0.4, -0.2) is 22.9 Å². The molecule has 0 unspecified atom stereocenters. The van der Waals surface area contributed by atoms with Crippen LogP contribution in [0.15, 0.2) is 24.4 Å². The smallest absolute Gasteiger partial charge is 0.276 e. The molecule has 4 nitrogen and oxygen atoms in total. The van der Waals surface area contributed by atoms with Crippen molar-refractivity contribution in [3.8, 4) is 0 Å². The van der Waals surface area contributed by atoms with Crippen LogP contribution in [0.2, 0.25) is 5.02 Å². The molecule has 1 heterocycles. The molecule has 0 bridgehead atoms. The Bertz CT molecular complexity index is 454. The normalized spacial score (nSPS) is 15.7. The minimum atomic E-state index is -0.389. The van der Waals surface area contributed by atoms with Gasteiger partial charge in [-0.25, -0.2) is 0 Å². The van der Waals surface area contributed by atoms with Gasteiger partial charge in [0.15, 0.2) is 0 Å². The number of halogens is 1. The third-order valence-electron chi connectivity index (χ3n) is 2.79. The van der Waals surface area contributed by atoms with Gasteiger partial charge in [0, 0.05) is 24.2 Å². The Morgan fingerprint density at radius 2 is 2.06 bits per heavy atom. The van der Waals surface area contributed by atoms with Crippen LogP contribution in [-0.2, 0) is 0 Å². The first-order valence-corrected chi connectivity index (χ1v) is 5.91. The summed E-state index contributed by atoms with van der Waals surface area (Å²) < 4.78 is 0. The van der Waals surface area contributed by atoms with Crippen LogP contribution < -0.4 is 0 Å². The molecular weight excluding hydrogens is 240 g/mol. The van der Waals surface area contributed by atoms with Crippen LogP contribution in [0.3, 0.4) is 0 Å². The van der Waals surface area contributed by atoms with Crippen molar-refractivity contribution >= 4 is 23.4 Å². The van der Waals surface area contributed by atoms with Gasteiger partial charge in [0.1, 0.15) is 0 Å². The fourth-order valence-electron chi connectivity index (χ4n) is 1.90. The second kappa shape index (κ2) is 5.19. The number of nitro benzene ring substituents is 1. The van der Waals surface area contributed by atoms with Crippen LogP contribution in [0, 0.1) is 10.1 Å². The third-order valence-corrected chi connectivity index (χ3v) is 3.03. The summed E-state index contributed by atoms with van der Waals surface area (Å²) in [6, 6.07) is 4.59. The lowest BCUT2D eigenvalue weighted by Crippen LogP contribution is -2.10. The molecule has 1 fully saturated rings. The minimum absolute atomic E-state index is 0.0878. The van der Waals surface area contributed by atoms with Crippen molar-refractivity contribution in [1.29, 1.82) is 0 Å². The highest BCUT2D eigenvalue weighted by atomic mass is 35.5. The lowest BCUT2D eigenvalue weighted by atomic mass is 10.2. The average molecular weight is 253 g/mol. The van der Waals surface area contributed by atoms with E-state index in [0.29, 0.717) is 10.6 Å². The summed E-state index contributed by atoms with van der Waals surface area (Å²) in [5, 5.41) is 11.4. The number of nitro groups is 1. The molecule has 17 heavy (non-hydrogen) atoms. The van der Waals surface area contributed by atoms with Gasteiger partial charge in [-0.3, -0.25) is 10.1 Å². The van der Waals surface area contributed by atoms with Gasteiger partial charge in [0.05, 0.1) is 10.5 Å². The summed E-state index contributed by atoms with van der Waals surface area (Å²) in [5.74, 6) is 0. The highest BCUT2D eigenvalue weighted by Gasteiger charge is 2.12. The summed E-state index contributed by atoms with van der Waals surface area (Å²) in [4.78, 5) is 12.6. The predicted molar refractivity (Wildman–Crippen MR) is 67.9 cm³/mol. The van der Waals surface area contributed by atoms with Crippen LogP contribution in [0.5, 0.6) is 0 Å². The number of likely N-dealkylation sites (tertiary alicyclic amines) is 1. The fourth-order valence-corrected chi connectivity index (χ4v) is 2.08. The van der Waals surface area contributed by atoms with E-state index in [9.17, 15) is 10.1 Å². The highest BCUT2D eigenvalue weighted by Crippen LogP contribution is 2.24. The molecule has 0 spiro atoms. The monoisotopic (exact) mass is 252 g/mol. The average Bonchev–Trinajstić information content (AvgIpc) is 2.78. The Kier molecular flexibility index (Phi) is 3.64. The Morgan fingerprint density at radius 3 is 2.71 bits per heavy atom. The van der Waals surface area contributed by atoms with E-state index in [-0.39, 0.29) is 10.6 Å². The molecule has 90 valence electrons. The molecule has 1 aliphatic heterocycles. The summed E-state index contributed by atoms with van der Waals surface area (Å²) >= 11 is 5.85. The van der Waals surface area contributed by atoms with Crippen molar-refractivity contribution in [3.63, 3.8) is 0 Å². The molecule has 0 atom stereocenters. The first-order chi connectivity index (χ1) is 8.16. The molecule has 0 saturated carbocycles. The quantitative estimate of drug-likeness (QED) is 0.612. The van der Waals surface area contributed by atoms with Crippen molar-refractivity contribution in [3.05, 3.63) is 45.1 Å². The molecule has 5 heteroatoms. The number of hydrogen-bond donors (Lipinski definition) is 0. The van der Waals surface area contributed by atoms with Gasteiger partial charge in [-0.2, -0.15) is 0 Å². The third kappa shape index (κ3) is 2.97. The van der Waals surface area contributed by atoms with E-state index in [1.807, 2.05) is 6.20 Å². The highest BCUT2D eigenvalue weighted by molar-refractivity contribution is 6.30. The zero-order chi connectivity index (χ0) is 12.3. The van der Waals surface area contributed by atoms with Gasteiger partial charge in [-0.15, -0.1) is 0 Å². The number of benzene rings is 1. The minimum Gasteiger partial charge on any atom is -0.377 e. The van der Waals surface area contributed by atoms with Crippen LogP contribution in [0.25, 0.3) is 6.08 Å². The van der Waals surface area contributed by atoms with Crippen LogP contribution >= 0.6 is 11.6 Å². The molecule has 1 aromatic rings. The SMILES string of the molecule is O=[N+]([O-])c1ccc(Cl)cc1/C=C/N1CCCC1. The maximum Gasteiger partial charge on any atom is 0.276 e. The van der Waals surface area contributed by atoms with E-state index in [0.717, 1.165) is 13.1 Å². The molecule has 0 amide bonds. The van der Waals surface area contributed by atoms with E-state index in [2.05, 4.69) is 4.90 Å². The zero-order valence-electron chi connectivity index (χ0n) is 9.30. The fraction of sp³-hybridized carbons (Fsp3) is 0.333. The van der Waals surface area contributed by atoms with Gasteiger partial charge in [-0.1, -0.05) is 11.6 Å². The Morgan fingerprint density at radius 1 is 1.35 bits per heavy atom. The van der Waals surface area contributed by atoms with E-state index in [1.54, 1.807) is 12.1 Å². The first-order valence-electron chi connectivity index (χ1n) is 5.53. The van der Waals surface area contributed by atoms with Crippen LogP contribution in [0.1, 0.15) is 18.4 Å². The first kappa shape index (κ1) is 11.9. The van der Waals surface area contributed by atoms with Crippen molar-refractivity contribution < 1.29 is 4.92 Å². The number of nitrogens with zero attached hydrogens (tertiary/aromatic N) is 2. The van der Waals surface area contributed by atoms with Gasteiger partial charge in [0.2, 0.25) is 0 Å². The Labute approximate surface area is 105 Å². The second-order valence-corrected chi connectivity index (χ2v) is 4.46. The maximum atomic E-state index is 10.8. The van der Waals surface area contributed by atoms with E-state index >= 15 is 0 Å². The molecule has 1 aromatic carbocycles. The van der Waals surface area contributed by atoms with Crippen molar-refractivity contribution in [2.75, 3.05) is 13.1 Å². The Hall–Kier alpha value is -1.55. The van der Waals surface area contributed by atoms with Gasteiger partial charge in [0.25, 0.3) is 5.69 Å². The maximum absolute atomic E-state index is 10.8. The number of hydrogen-bond acceptors (Lipinski definition) is 3. The van der Waals surface area contributed by atoms with Gasteiger partial charge >= 0.3 is 0 Å². The number of rotatable bonds is 3. The molecule has 0 N–H and O–H groups in total. The summed E-state index contributed by atoms with van der Waals surface area (Å²) in [6.07, 6.45) is 6.03. The van der Waals surface area contributed by atoms with Crippen molar-refractivity contribution in [2.45, 2.75) is 12.8 Å². The van der Waals surface area contributed by atoms with Crippen molar-refractivity contribution in [1.82, 2.24) is 4.90 Å². The van der Waals surface area contributed by atoms with E-state index in [4.69, 9.17) is 11.6 Å². The molecule has 1 saturated heterocycles. The summed E-state index contributed by atoms with van der Waals surface area (Å²) in [6.45, 7) is 2.04. The largest absolute Gasteiger partial charge is 0.377 e. The zero-order valence-corrected chi connectivity index (χ0v) is 10.1. The summed E-state index contributed by atoms with van der Waals surface area (Å²) in [7, 11) is 0. The molecular formula is C12H13ClN2O2. The standard InChI is InChI=1S/C12H13ClN2O2/c13-11-3-4-12(15(16)17)10(9-11)5-8-14-6-1-2-7-14/h3-5,8-9H,1-2,6-7H2/b8-5+. The molecule has 1 aliphatic rings. The van der Waals surface area contributed by atoms with Crippen molar-refractivity contribution in [2.24, 2.45) is 0 Å². The predicted octanol–water partition coefficient (Wildman–Crippen LogP) is 3.31. The molecule has 2 rings (SSSR count). The van der Waals surface area contributed by atoms with Gasteiger partial charge < -0.3 is 4.90 Å². The topological polar surface area (TPSA) is 46.4 Å². The molecule has 0 radical (unpaired) electrons. The van der Waals surface area contributed by atoms with Gasteiger partial charge in [-0.05, 0) is 37.3 Å². The Balaban J connectivity index is 2.23. The second-order valence-electron chi connectivity index (χ2n) is 4.02. The molecule has 0 aliphatic carbocycles.